The van der Waals surface area contributed by atoms with Crippen molar-refractivity contribution in [1.29, 1.82) is 0 Å². The fourth-order valence-electron chi connectivity index (χ4n) is 2.86. The summed E-state index contributed by atoms with van der Waals surface area (Å²) in [6, 6.07) is 0. The minimum Gasteiger partial charge on any atom is -0.449 e. The highest BCUT2D eigenvalue weighted by atomic mass is 19.1. The molecule has 1 aliphatic rings. The fraction of sp³-hybridized carbons (Fsp3) is 0.722. The second-order valence-electron chi connectivity index (χ2n) is 7.23. The number of aliphatic hydroxyl groups is 1. The van der Waals surface area contributed by atoms with E-state index < -0.39 is 47.6 Å². The topological polar surface area (TPSA) is 112 Å². The number of halogens is 1. The third kappa shape index (κ3) is 6.25. The highest BCUT2D eigenvalue weighted by Gasteiger charge is 2.37. The van der Waals surface area contributed by atoms with Gasteiger partial charge in [-0.3, -0.25) is 9.88 Å². The van der Waals surface area contributed by atoms with Crippen molar-refractivity contribution in [3.63, 3.8) is 0 Å². The van der Waals surface area contributed by atoms with Crippen LogP contribution < -0.4 is 11.0 Å². The summed E-state index contributed by atoms with van der Waals surface area (Å²) in [6.07, 6.45) is 1.18. The van der Waals surface area contributed by atoms with Crippen molar-refractivity contribution in [2.45, 2.75) is 77.6 Å². The van der Waals surface area contributed by atoms with E-state index in [1.165, 1.54) is 13.8 Å². The van der Waals surface area contributed by atoms with Gasteiger partial charge in [0.25, 0.3) is 0 Å². The molecule has 1 aliphatic heterocycles. The molecule has 1 saturated heterocycles. The Labute approximate surface area is 162 Å². The number of rotatable bonds is 8. The molecule has 0 radical (unpaired) electrons. The number of amides is 1. The summed E-state index contributed by atoms with van der Waals surface area (Å²) in [5.41, 5.74) is -0.788. The van der Waals surface area contributed by atoms with Crippen LogP contribution in [-0.2, 0) is 14.2 Å². The summed E-state index contributed by atoms with van der Waals surface area (Å²) in [6.45, 7) is 6.93. The molecule has 1 fully saturated rings. The molecule has 0 bridgehead atoms. The summed E-state index contributed by atoms with van der Waals surface area (Å²) in [7, 11) is 0. The molecule has 2 rings (SSSR count). The average Bonchev–Trinajstić information content (AvgIpc) is 2.93. The van der Waals surface area contributed by atoms with E-state index in [1.54, 1.807) is 6.92 Å². The van der Waals surface area contributed by atoms with Crippen molar-refractivity contribution < 1.29 is 28.5 Å². The molecule has 1 amide bonds. The molecular weight excluding hydrogens is 373 g/mol. The number of ether oxygens (including phenoxy) is 3. The van der Waals surface area contributed by atoms with Crippen LogP contribution in [0.3, 0.4) is 0 Å². The number of carbonyl (C=O) groups excluding carboxylic acids is 1. The first-order chi connectivity index (χ1) is 13.1. The van der Waals surface area contributed by atoms with Gasteiger partial charge in [-0.2, -0.15) is 4.98 Å². The number of carbonyl (C=O) groups is 1. The summed E-state index contributed by atoms with van der Waals surface area (Å²) in [5, 5.41) is 11.9. The third-order valence-corrected chi connectivity index (χ3v) is 4.19. The molecule has 158 valence electrons. The van der Waals surface area contributed by atoms with Gasteiger partial charge < -0.3 is 19.3 Å². The molecule has 1 aromatic heterocycles. The fourth-order valence-corrected chi connectivity index (χ4v) is 2.86. The van der Waals surface area contributed by atoms with E-state index in [1.807, 2.05) is 6.92 Å². The van der Waals surface area contributed by atoms with Crippen LogP contribution in [0.25, 0.3) is 0 Å². The molecular formula is C18H28FN3O6. The normalized spacial score (nSPS) is 22.3. The molecule has 10 heteroatoms. The van der Waals surface area contributed by atoms with Gasteiger partial charge in [0.2, 0.25) is 0 Å². The molecule has 9 nitrogen and oxygen atoms in total. The molecule has 0 saturated carbocycles. The minimum atomic E-state index is -1.36. The molecule has 0 spiro atoms. The predicted octanol–water partition coefficient (Wildman–Crippen LogP) is 2.54. The van der Waals surface area contributed by atoms with Crippen LogP contribution in [-0.4, -0.2) is 45.4 Å². The quantitative estimate of drug-likeness (QED) is 0.508. The molecule has 28 heavy (non-hydrogen) atoms. The Morgan fingerprint density at radius 2 is 2.21 bits per heavy atom. The first-order valence-electron chi connectivity index (χ1n) is 9.39. The molecule has 0 aromatic carbocycles. The number of nitrogens with one attached hydrogen (secondary N) is 1. The molecule has 0 aliphatic carbocycles. The Hall–Kier alpha value is -2.04. The molecule has 2 heterocycles. The highest BCUT2D eigenvalue weighted by Crippen LogP contribution is 2.32. The van der Waals surface area contributed by atoms with E-state index in [9.17, 15) is 19.1 Å². The molecule has 2 N–H and O–H groups in total. The zero-order chi connectivity index (χ0) is 20.9. The summed E-state index contributed by atoms with van der Waals surface area (Å²) in [4.78, 5) is 27.5. The van der Waals surface area contributed by atoms with Gasteiger partial charge in [-0.25, -0.2) is 14.0 Å². The van der Waals surface area contributed by atoms with Gasteiger partial charge in [-0.1, -0.05) is 19.8 Å². The lowest BCUT2D eigenvalue weighted by molar-refractivity contribution is -0.212. The van der Waals surface area contributed by atoms with Gasteiger partial charge in [0, 0.05) is 6.42 Å². The molecule has 1 unspecified atom stereocenters. The van der Waals surface area contributed by atoms with Crippen molar-refractivity contribution in [2.75, 3.05) is 11.9 Å². The number of unbranched alkanes of at least 4 members (excludes halogenated alkanes) is 2. The van der Waals surface area contributed by atoms with E-state index in [2.05, 4.69) is 10.3 Å². The van der Waals surface area contributed by atoms with Gasteiger partial charge in [0.15, 0.2) is 17.4 Å². The van der Waals surface area contributed by atoms with Crippen LogP contribution in [0.1, 0.15) is 59.6 Å². The van der Waals surface area contributed by atoms with Crippen molar-refractivity contribution >= 4 is 11.9 Å². The van der Waals surface area contributed by atoms with Crippen molar-refractivity contribution in [3.8, 4) is 0 Å². The van der Waals surface area contributed by atoms with E-state index in [4.69, 9.17) is 14.2 Å². The number of hydrogen-bond donors (Lipinski definition) is 2. The van der Waals surface area contributed by atoms with Gasteiger partial charge >= 0.3 is 11.8 Å². The largest absolute Gasteiger partial charge is 0.449 e. The van der Waals surface area contributed by atoms with Crippen LogP contribution in [0, 0.1) is 5.82 Å². The van der Waals surface area contributed by atoms with Gasteiger partial charge in [-0.15, -0.1) is 0 Å². The Kier molecular flexibility index (Phi) is 7.50. The smallest absolute Gasteiger partial charge is 0.412 e. The minimum absolute atomic E-state index is 0.203. The molecule has 3 atom stereocenters. The maximum atomic E-state index is 14.3. The highest BCUT2D eigenvalue weighted by molar-refractivity contribution is 5.83. The maximum Gasteiger partial charge on any atom is 0.412 e. The lowest BCUT2D eigenvalue weighted by Crippen LogP contribution is -2.33. The number of hydrogen-bond acceptors (Lipinski definition) is 7. The van der Waals surface area contributed by atoms with Crippen molar-refractivity contribution in [1.82, 2.24) is 9.55 Å². The van der Waals surface area contributed by atoms with Gasteiger partial charge in [-0.05, 0) is 27.2 Å². The van der Waals surface area contributed by atoms with Gasteiger partial charge in [0.1, 0.15) is 6.23 Å². The summed E-state index contributed by atoms with van der Waals surface area (Å²) >= 11 is 0. The van der Waals surface area contributed by atoms with Crippen LogP contribution in [0.5, 0.6) is 0 Å². The Morgan fingerprint density at radius 3 is 2.86 bits per heavy atom. The van der Waals surface area contributed by atoms with E-state index >= 15 is 0 Å². The molecule has 1 aromatic rings. The van der Waals surface area contributed by atoms with E-state index in [0.29, 0.717) is 6.42 Å². The number of anilines is 1. The summed E-state index contributed by atoms with van der Waals surface area (Å²) < 4.78 is 31.4. The monoisotopic (exact) mass is 401 g/mol. The van der Waals surface area contributed by atoms with Crippen molar-refractivity contribution in [2.24, 2.45) is 0 Å². The summed E-state index contributed by atoms with van der Waals surface area (Å²) in [5.74, 6) is -2.76. The Balaban J connectivity index is 2.04. The number of aromatic nitrogens is 2. The maximum absolute atomic E-state index is 14.3. The first-order valence-corrected chi connectivity index (χ1v) is 9.39. The third-order valence-electron chi connectivity index (χ3n) is 4.19. The van der Waals surface area contributed by atoms with E-state index in [-0.39, 0.29) is 13.0 Å². The zero-order valence-corrected chi connectivity index (χ0v) is 16.6. The second-order valence-corrected chi connectivity index (χ2v) is 7.23. The SMILES string of the molecule is CCCCCOC(=O)Nc1nc(=O)n([C@H]2CC(OC(C)(C)O)[C@@H](C)O2)cc1F. The standard InChI is InChI=1S/C18H28FN3O6/c1-5-6-7-8-26-17(24)21-15-12(19)10-22(16(23)20-15)14-9-13(11(2)27-14)28-18(3,4)25/h10-11,13-14,25H,5-9H2,1-4H3,(H,20,21,23,24)/t11-,13?,14-/m1/s1. The van der Waals surface area contributed by atoms with Crippen LogP contribution >= 0.6 is 0 Å². The lowest BCUT2D eigenvalue weighted by Gasteiger charge is -2.24. The van der Waals surface area contributed by atoms with Crippen LogP contribution in [0.2, 0.25) is 0 Å². The van der Waals surface area contributed by atoms with Gasteiger partial charge in [0.05, 0.1) is 25.0 Å². The van der Waals surface area contributed by atoms with Crippen LogP contribution in [0.15, 0.2) is 11.0 Å². The zero-order valence-electron chi connectivity index (χ0n) is 16.6. The Bertz CT molecular complexity index is 733. The number of nitrogens with zero attached hydrogens (tertiary/aromatic N) is 2. The Morgan fingerprint density at radius 1 is 1.50 bits per heavy atom. The lowest BCUT2D eigenvalue weighted by atomic mass is 10.2. The van der Waals surface area contributed by atoms with Crippen molar-refractivity contribution in [3.05, 3.63) is 22.5 Å². The van der Waals surface area contributed by atoms with Crippen LogP contribution in [0.4, 0.5) is 15.0 Å². The first kappa shape index (κ1) is 22.3. The van der Waals surface area contributed by atoms with E-state index in [0.717, 1.165) is 23.6 Å². The second kappa shape index (κ2) is 9.44. The average molecular weight is 401 g/mol. The predicted molar refractivity (Wildman–Crippen MR) is 98.3 cm³/mol.